The Morgan fingerprint density at radius 3 is 1.17 bits per heavy atom. The van der Waals surface area contributed by atoms with Gasteiger partial charge in [-0.1, -0.05) is 45.2 Å². The van der Waals surface area contributed by atoms with Crippen molar-refractivity contribution in [2.75, 3.05) is 0 Å². The Labute approximate surface area is 64.3 Å². The fourth-order valence-corrected chi connectivity index (χ4v) is 5.66. The summed E-state index contributed by atoms with van der Waals surface area (Å²) in [6, 6.07) is 0. The highest BCUT2D eigenvalue weighted by Gasteiger charge is 2.71. The molecule has 0 N–H and O–H groups in total. The molecule has 0 aromatic heterocycles. The van der Waals surface area contributed by atoms with Crippen LogP contribution in [-0.2, 0) is 0 Å². The number of hydrogen-bond donors (Lipinski definition) is 0. The predicted molar refractivity (Wildman–Crippen MR) is 42.6 cm³/mol. The molecule has 0 heterocycles. The van der Waals surface area contributed by atoms with Gasteiger partial charge in [0, 0.05) is 7.85 Å². The molecule has 0 bridgehead atoms. The first kappa shape index (κ1) is 4.35. The molecule has 0 aliphatic heterocycles. The van der Waals surface area contributed by atoms with E-state index in [2.05, 4.69) is 45.2 Å². The van der Waals surface area contributed by atoms with E-state index < -0.39 is 0 Å². The van der Waals surface area contributed by atoms with Crippen molar-refractivity contribution in [1.82, 2.24) is 0 Å². The normalized spacial score (nSPS) is 73.0. The summed E-state index contributed by atoms with van der Waals surface area (Å²) in [7, 11) is 0. The Hall–Kier alpha value is 1.46. The Morgan fingerprint density at radius 1 is 0.833 bits per heavy atom. The van der Waals surface area contributed by atoms with E-state index in [0.717, 1.165) is 19.7 Å². The summed E-state index contributed by atoms with van der Waals surface area (Å²) in [5.41, 5.74) is 0. The molecule has 0 spiro atoms. The highest BCUT2D eigenvalue weighted by molar-refractivity contribution is 14.1. The standard InChI is InChI=1S/C4H4I2/c5-3-1-2(3)4(1)6/h1-4H. The maximum atomic E-state index is 2.54. The Kier molecular flexibility index (Phi) is 0.771. The van der Waals surface area contributed by atoms with Gasteiger partial charge in [0.2, 0.25) is 0 Å². The van der Waals surface area contributed by atoms with Gasteiger partial charge in [-0.3, -0.25) is 0 Å². The van der Waals surface area contributed by atoms with Crippen LogP contribution >= 0.6 is 45.2 Å². The van der Waals surface area contributed by atoms with Crippen LogP contribution in [0, 0.1) is 11.8 Å². The third kappa shape index (κ3) is 0.356. The van der Waals surface area contributed by atoms with E-state index in [9.17, 15) is 0 Å². The zero-order valence-corrected chi connectivity index (χ0v) is 7.38. The van der Waals surface area contributed by atoms with Gasteiger partial charge in [-0.15, -0.1) is 0 Å². The molecule has 2 saturated carbocycles. The van der Waals surface area contributed by atoms with E-state index in [-0.39, 0.29) is 0 Å². The van der Waals surface area contributed by atoms with Gasteiger partial charge in [-0.2, -0.15) is 0 Å². The van der Waals surface area contributed by atoms with Gasteiger partial charge in [-0.05, 0) is 11.8 Å². The van der Waals surface area contributed by atoms with Crippen molar-refractivity contribution < 1.29 is 0 Å². The predicted octanol–water partition coefficient (Wildman–Crippen LogP) is 1.85. The van der Waals surface area contributed by atoms with Crippen molar-refractivity contribution in [1.29, 1.82) is 0 Å². The van der Waals surface area contributed by atoms with Crippen LogP contribution in [0.1, 0.15) is 0 Å². The topological polar surface area (TPSA) is 0 Å². The highest BCUT2D eigenvalue weighted by Crippen LogP contribution is 2.70. The van der Waals surface area contributed by atoms with Gasteiger partial charge in [0.1, 0.15) is 0 Å². The van der Waals surface area contributed by atoms with E-state index in [0.29, 0.717) is 0 Å². The summed E-state index contributed by atoms with van der Waals surface area (Å²) in [5.74, 6) is 2.32. The molecule has 0 amide bonds. The largest absolute Gasteiger partial charge is 0.0819 e. The second-order valence-corrected chi connectivity index (χ2v) is 4.92. The Balaban J connectivity index is 2.06. The minimum atomic E-state index is 1.09. The lowest BCUT2D eigenvalue weighted by atomic mass is 10.4. The van der Waals surface area contributed by atoms with E-state index in [1.54, 1.807) is 0 Å². The van der Waals surface area contributed by atoms with Gasteiger partial charge in [0.15, 0.2) is 0 Å². The molecule has 0 unspecified atom stereocenters. The SMILES string of the molecule is IC1C2C(I)C12. The molecule has 2 aliphatic rings. The molecular formula is C4H4I2. The van der Waals surface area contributed by atoms with Crippen molar-refractivity contribution in [2.45, 2.75) is 7.85 Å². The lowest BCUT2D eigenvalue weighted by Crippen LogP contribution is -1.93. The minimum absolute atomic E-state index is 1.09. The summed E-state index contributed by atoms with van der Waals surface area (Å²) in [4.78, 5) is 0. The summed E-state index contributed by atoms with van der Waals surface area (Å²) < 4.78 is 2.17. The van der Waals surface area contributed by atoms with Crippen molar-refractivity contribution in [2.24, 2.45) is 11.8 Å². The quantitative estimate of drug-likeness (QED) is 0.473. The van der Waals surface area contributed by atoms with Crippen LogP contribution in [0.15, 0.2) is 0 Å². The zero-order valence-electron chi connectivity index (χ0n) is 3.07. The fraction of sp³-hybridized carbons (Fsp3) is 1.00. The van der Waals surface area contributed by atoms with Gasteiger partial charge in [-0.25, -0.2) is 0 Å². The van der Waals surface area contributed by atoms with Crippen LogP contribution in [0.5, 0.6) is 0 Å². The molecule has 0 radical (unpaired) electrons. The molecule has 2 fully saturated rings. The van der Waals surface area contributed by atoms with Gasteiger partial charge < -0.3 is 0 Å². The third-order valence-corrected chi connectivity index (χ3v) is 4.96. The molecule has 0 aromatic carbocycles. The van der Waals surface area contributed by atoms with Crippen LogP contribution in [-0.4, -0.2) is 7.85 Å². The van der Waals surface area contributed by atoms with E-state index in [1.807, 2.05) is 0 Å². The van der Waals surface area contributed by atoms with Crippen molar-refractivity contribution >= 4 is 45.2 Å². The number of alkyl halides is 2. The summed E-state index contributed by atoms with van der Waals surface area (Å²) >= 11 is 5.08. The lowest BCUT2D eigenvalue weighted by molar-refractivity contribution is 1.01. The van der Waals surface area contributed by atoms with E-state index in [1.165, 1.54) is 0 Å². The van der Waals surface area contributed by atoms with Crippen LogP contribution in [0.25, 0.3) is 0 Å². The van der Waals surface area contributed by atoms with Crippen LogP contribution in [0.3, 0.4) is 0 Å². The van der Waals surface area contributed by atoms with E-state index >= 15 is 0 Å². The van der Waals surface area contributed by atoms with Gasteiger partial charge in [0.05, 0.1) is 0 Å². The average molecular weight is 306 g/mol. The molecule has 0 saturated heterocycles. The van der Waals surface area contributed by atoms with Crippen molar-refractivity contribution in [3.63, 3.8) is 0 Å². The second-order valence-electron chi connectivity index (χ2n) is 2.04. The third-order valence-electron chi connectivity index (χ3n) is 1.63. The molecule has 0 atom stereocenters. The minimum Gasteiger partial charge on any atom is -0.0819 e. The Bertz CT molecular complexity index is 71.5. The molecule has 2 rings (SSSR count). The van der Waals surface area contributed by atoms with E-state index in [4.69, 9.17) is 0 Å². The van der Waals surface area contributed by atoms with Crippen LogP contribution in [0.4, 0.5) is 0 Å². The van der Waals surface area contributed by atoms with Gasteiger partial charge >= 0.3 is 0 Å². The van der Waals surface area contributed by atoms with Crippen LogP contribution < -0.4 is 0 Å². The van der Waals surface area contributed by atoms with Gasteiger partial charge in [0.25, 0.3) is 0 Å². The maximum absolute atomic E-state index is 2.54. The lowest BCUT2D eigenvalue weighted by Gasteiger charge is -1.91. The number of hydrogen-bond acceptors (Lipinski definition) is 0. The second kappa shape index (κ2) is 1.06. The average Bonchev–Trinajstić information content (AvgIpc) is 2.28. The first-order chi connectivity index (χ1) is 2.82. The molecule has 0 nitrogen and oxygen atoms in total. The van der Waals surface area contributed by atoms with Crippen molar-refractivity contribution in [3.8, 4) is 0 Å². The molecule has 0 aromatic rings. The summed E-state index contributed by atoms with van der Waals surface area (Å²) in [5, 5.41) is 0. The molecule has 6 heavy (non-hydrogen) atoms. The number of rotatable bonds is 0. The Morgan fingerprint density at radius 2 is 1.17 bits per heavy atom. The molecule has 2 aliphatic carbocycles. The highest BCUT2D eigenvalue weighted by atomic mass is 127. The summed E-state index contributed by atoms with van der Waals surface area (Å²) in [6.45, 7) is 0. The molecule has 2 heteroatoms. The fourth-order valence-electron chi connectivity index (χ4n) is 0.843. The monoisotopic (exact) mass is 306 g/mol. The zero-order chi connectivity index (χ0) is 4.31. The molecular weight excluding hydrogens is 302 g/mol. The van der Waals surface area contributed by atoms with Crippen LogP contribution in [0.2, 0.25) is 0 Å². The maximum Gasteiger partial charge on any atom is 0.0193 e. The first-order valence-corrected chi connectivity index (χ1v) is 4.59. The number of fused-ring (bicyclic) bond motifs is 1. The smallest absolute Gasteiger partial charge is 0.0193 e. The summed E-state index contributed by atoms with van der Waals surface area (Å²) in [6.07, 6.45) is 0. The first-order valence-electron chi connectivity index (χ1n) is 2.10. The van der Waals surface area contributed by atoms with Crippen molar-refractivity contribution in [3.05, 3.63) is 0 Å². The molecule has 34 valence electrons. The number of halogens is 2.